The number of halogens is 1. The molecule has 4 rings (SSSR count). The number of carbonyl (C=O) groups is 1. The highest BCUT2D eigenvalue weighted by molar-refractivity contribution is 5.94. The van der Waals surface area contributed by atoms with E-state index in [0.29, 0.717) is 31.8 Å². The lowest BCUT2D eigenvalue weighted by Crippen LogP contribution is -2.35. The lowest BCUT2D eigenvalue weighted by molar-refractivity contribution is 0.0727. The number of benzene rings is 1. The fourth-order valence-corrected chi connectivity index (χ4v) is 3.29. The number of fused-ring (bicyclic) bond motifs is 1. The molecule has 0 unspecified atom stereocenters. The summed E-state index contributed by atoms with van der Waals surface area (Å²) in [4.78, 5) is 23.0. The minimum absolute atomic E-state index is 0.125. The fourth-order valence-electron chi connectivity index (χ4n) is 3.29. The SMILES string of the molecule is N#Cc1cc(F)cc(C(=O)N2CCc3oc(CCc4cccnc4)nc3C2)c1. The molecule has 3 aromatic rings. The van der Waals surface area contributed by atoms with Crippen molar-refractivity contribution in [2.45, 2.75) is 25.8 Å². The molecule has 2 aromatic heterocycles. The van der Waals surface area contributed by atoms with Crippen LogP contribution in [0.25, 0.3) is 0 Å². The van der Waals surface area contributed by atoms with Gasteiger partial charge < -0.3 is 9.32 Å². The number of pyridine rings is 1. The van der Waals surface area contributed by atoms with Crippen LogP contribution >= 0.6 is 0 Å². The van der Waals surface area contributed by atoms with Crippen LogP contribution in [-0.2, 0) is 25.8 Å². The predicted molar refractivity (Wildman–Crippen MR) is 97.7 cm³/mol. The molecule has 0 bridgehead atoms. The smallest absolute Gasteiger partial charge is 0.254 e. The standard InChI is InChI=1S/C21H17FN4O2/c22-17-9-15(11-23)8-16(10-17)21(27)26-7-5-19-18(13-26)25-20(28-19)4-3-14-2-1-6-24-12-14/h1-2,6,8-10,12H,3-5,7,13H2. The van der Waals surface area contributed by atoms with E-state index in [2.05, 4.69) is 9.97 Å². The Morgan fingerprint density at radius 2 is 2.21 bits per heavy atom. The molecule has 0 spiro atoms. The van der Waals surface area contributed by atoms with E-state index < -0.39 is 5.82 Å². The van der Waals surface area contributed by atoms with Gasteiger partial charge in [-0.2, -0.15) is 5.26 Å². The predicted octanol–water partition coefficient (Wildman–Crippen LogP) is 3.06. The number of aryl methyl sites for hydroxylation is 2. The average Bonchev–Trinajstić information content (AvgIpc) is 3.14. The number of amides is 1. The first-order valence-electron chi connectivity index (χ1n) is 8.98. The summed E-state index contributed by atoms with van der Waals surface area (Å²) in [5.41, 5.74) is 2.13. The van der Waals surface area contributed by atoms with Crippen molar-refractivity contribution in [2.24, 2.45) is 0 Å². The van der Waals surface area contributed by atoms with Crippen LogP contribution in [0.3, 0.4) is 0 Å². The van der Waals surface area contributed by atoms with E-state index >= 15 is 0 Å². The number of carbonyl (C=O) groups excluding carboxylic acids is 1. The molecule has 1 aliphatic rings. The van der Waals surface area contributed by atoms with Crippen LogP contribution in [0.4, 0.5) is 4.39 Å². The molecule has 0 N–H and O–H groups in total. The zero-order valence-electron chi connectivity index (χ0n) is 15.1. The Balaban J connectivity index is 1.46. The summed E-state index contributed by atoms with van der Waals surface area (Å²) < 4.78 is 19.5. The Kier molecular flexibility index (Phi) is 4.85. The second kappa shape index (κ2) is 7.61. The summed E-state index contributed by atoms with van der Waals surface area (Å²) in [5, 5.41) is 8.98. The van der Waals surface area contributed by atoms with Gasteiger partial charge in [-0.1, -0.05) is 6.07 Å². The highest BCUT2D eigenvalue weighted by Gasteiger charge is 2.26. The van der Waals surface area contributed by atoms with Gasteiger partial charge in [-0.15, -0.1) is 0 Å². The summed E-state index contributed by atoms with van der Waals surface area (Å²) in [6.45, 7) is 0.768. The molecule has 28 heavy (non-hydrogen) atoms. The van der Waals surface area contributed by atoms with Crippen molar-refractivity contribution in [3.63, 3.8) is 0 Å². The molecule has 0 atom stereocenters. The molecule has 0 fully saturated rings. The number of hydrogen-bond donors (Lipinski definition) is 0. The molecule has 0 radical (unpaired) electrons. The van der Waals surface area contributed by atoms with Crippen molar-refractivity contribution in [1.82, 2.24) is 14.9 Å². The van der Waals surface area contributed by atoms with E-state index in [-0.39, 0.29) is 17.0 Å². The zero-order valence-corrected chi connectivity index (χ0v) is 15.1. The molecular weight excluding hydrogens is 359 g/mol. The third-order valence-electron chi connectivity index (χ3n) is 4.68. The van der Waals surface area contributed by atoms with Crippen molar-refractivity contribution >= 4 is 5.91 Å². The normalized spacial score (nSPS) is 13.1. The van der Waals surface area contributed by atoms with E-state index in [1.807, 2.05) is 24.4 Å². The first kappa shape index (κ1) is 17.9. The monoisotopic (exact) mass is 376 g/mol. The number of aromatic nitrogens is 2. The minimum Gasteiger partial charge on any atom is -0.445 e. The molecule has 0 saturated carbocycles. The lowest BCUT2D eigenvalue weighted by atomic mass is 10.1. The average molecular weight is 376 g/mol. The summed E-state index contributed by atoms with van der Waals surface area (Å²) in [7, 11) is 0. The Hall–Kier alpha value is -3.53. The van der Waals surface area contributed by atoms with Crippen LogP contribution in [-0.4, -0.2) is 27.3 Å². The topological polar surface area (TPSA) is 83.0 Å². The molecule has 140 valence electrons. The highest BCUT2D eigenvalue weighted by atomic mass is 19.1. The van der Waals surface area contributed by atoms with E-state index in [0.717, 1.165) is 35.6 Å². The molecule has 0 saturated heterocycles. The van der Waals surface area contributed by atoms with Gasteiger partial charge in [0, 0.05) is 37.3 Å². The van der Waals surface area contributed by atoms with Gasteiger partial charge in [0.05, 0.1) is 18.2 Å². The minimum atomic E-state index is -0.598. The zero-order chi connectivity index (χ0) is 19.5. The Bertz CT molecular complexity index is 1060. The molecule has 3 heterocycles. The van der Waals surface area contributed by atoms with Gasteiger partial charge >= 0.3 is 0 Å². The highest BCUT2D eigenvalue weighted by Crippen LogP contribution is 2.22. The summed E-state index contributed by atoms with van der Waals surface area (Å²) in [5.74, 6) is 0.517. The number of oxazole rings is 1. The number of hydrogen-bond acceptors (Lipinski definition) is 5. The molecule has 6 nitrogen and oxygen atoms in total. The van der Waals surface area contributed by atoms with Crippen molar-refractivity contribution in [2.75, 3.05) is 6.54 Å². The van der Waals surface area contributed by atoms with E-state index in [9.17, 15) is 9.18 Å². The second-order valence-electron chi connectivity index (χ2n) is 6.66. The van der Waals surface area contributed by atoms with Gasteiger partial charge in [-0.05, 0) is 36.2 Å². The second-order valence-corrected chi connectivity index (χ2v) is 6.66. The van der Waals surface area contributed by atoms with Crippen LogP contribution in [0, 0.1) is 17.1 Å². The lowest BCUT2D eigenvalue weighted by Gasteiger charge is -2.25. The third-order valence-corrected chi connectivity index (χ3v) is 4.68. The van der Waals surface area contributed by atoms with Crippen LogP contribution in [0.2, 0.25) is 0 Å². The molecule has 1 amide bonds. The van der Waals surface area contributed by atoms with Gasteiger partial charge in [-0.3, -0.25) is 9.78 Å². The number of rotatable bonds is 4. The Morgan fingerprint density at radius 3 is 3.00 bits per heavy atom. The molecular formula is C21H17FN4O2. The number of nitrogens with zero attached hydrogens (tertiary/aromatic N) is 4. The maximum Gasteiger partial charge on any atom is 0.254 e. The molecule has 1 aliphatic heterocycles. The Labute approximate surface area is 161 Å². The van der Waals surface area contributed by atoms with Crippen LogP contribution < -0.4 is 0 Å². The van der Waals surface area contributed by atoms with Crippen molar-refractivity contribution in [3.05, 3.63) is 82.6 Å². The first-order chi connectivity index (χ1) is 13.6. The van der Waals surface area contributed by atoms with Gasteiger partial charge in [-0.25, -0.2) is 9.37 Å². The van der Waals surface area contributed by atoms with Gasteiger partial charge in [0.15, 0.2) is 5.89 Å². The maximum atomic E-state index is 13.7. The van der Waals surface area contributed by atoms with Crippen molar-refractivity contribution in [1.29, 1.82) is 5.26 Å². The van der Waals surface area contributed by atoms with Crippen molar-refractivity contribution in [3.8, 4) is 6.07 Å². The molecule has 7 heteroatoms. The molecule has 1 aromatic carbocycles. The van der Waals surface area contributed by atoms with E-state index in [1.165, 1.54) is 6.07 Å². The summed E-state index contributed by atoms with van der Waals surface area (Å²) in [6.07, 6.45) is 5.54. The first-order valence-corrected chi connectivity index (χ1v) is 8.98. The van der Waals surface area contributed by atoms with Gasteiger partial charge in [0.2, 0.25) is 0 Å². The fraction of sp³-hybridized carbons (Fsp3) is 0.238. The summed E-state index contributed by atoms with van der Waals surface area (Å²) >= 11 is 0. The largest absolute Gasteiger partial charge is 0.445 e. The van der Waals surface area contributed by atoms with E-state index in [1.54, 1.807) is 11.1 Å². The van der Waals surface area contributed by atoms with E-state index in [4.69, 9.17) is 9.68 Å². The Morgan fingerprint density at radius 1 is 1.32 bits per heavy atom. The quantitative estimate of drug-likeness (QED) is 0.699. The van der Waals surface area contributed by atoms with Crippen LogP contribution in [0.15, 0.2) is 47.1 Å². The summed E-state index contributed by atoms with van der Waals surface area (Å²) in [6, 6.07) is 9.43. The third kappa shape index (κ3) is 3.76. The van der Waals surface area contributed by atoms with Crippen molar-refractivity contribution < 1.29 is 13.6 Å². The molecule has 0 aliphatic carbocycles. The van der Waals surface area contributed by atoms with Gasteiger partial charge in [0.25, 0.3) is 5.91 Å². The maximum absolute atomic E-state index is 13.7. The van der Waals surface area contributed by atoms with Crippen LogP contribution in [0.1, 0.15) is 38.8 Å². The van der Waals surface area contributed by atoms with Gasteiger partial charge in [0.1, 0.15) is 17.3 Å². The van der Waals surface area contributed by atoms with Crippen LogP contribution in [0.5, 0.6) is 0 Å². The number of nitriles is 1.